The number of benzene rings is 3. The molecule has 0 aliphatic carbocycles. The molecule has 15 heteroatoms. The van der Waals surface area contributed by atoms with E-state index < -0.39 is 23.6 Å². The van der Waals surface area contributed by atoms with E-state index in [1.54, 1.807) is 4.90 Å². The van der Waals surface area contributed by atoms with Crippen molar-refractivity contribution in [2.75, 3.05) is 37.7 Å². The van der Waals surface area contributed by atoms with E-state index in [1.807, 2.05) is 18.2 Å². The number of phenols is 1. The van der Waals surface area contributed by atoms with E-state index in [0.29, 0.717) is 61.4 Å². The first-order valence-electron chi connectivity index (χ1n) is 20.5. The highest BCUT2D eigenvalue weighted by molar-refractivity contribution is 6.06. The Labute approximate surface area is 344 Å². The molecule has 3 amide bonds. The van der Waals surface area contributed by atoms with Gasteiger partial charge >= 0.3 is 6.01 Å². The number of hydrogen-bond acceptors (Lipinski definition) is 11. The third-order valence-corrected chi connectivity index (χ3v) is 12.8. The molecular weight excluding hydrogens is 771 g/mol. The molecule has 3 atom stereocenters. The van der Waals surface area contributed by atoms with E-state index in [-0.39, 0.29) is 75.7 Å². The van der Waals surface area contributed by atoms with Crippen molar-refractivity contribution in [3.8, 4) is 35.4 Å². The summed E-state index contributed by atoms with van der Waals surface area (Å²) in [4.78, 5) is 57.4. The molecule has 13 nitrogen and oxygen atoms in total. The summed E-state index contributed by atoms with van der Waals surface area (Å²) in [6.45, 7) is 4.39. The molecule has 4 saturated heterocycles. The average Bonchev–Trinajstić information content (AvgIpc) is 3.76. The standard InChI is InChI=1S/C45H42F2N8O5/c1-2-31-35(46)8-4-26-16-30(56)17-33(38(26)31)40-39(47)41-34(18-48-40)42(54-21-28-5-6-29(22-54)49-28)52-45(51-41)60-23-24-11-13-53(14-12-24)19-25-3-7-32-27(15-25)20-55(44(32)59)36-9-10-37(57)50-43(36)58/h1,3-4,7-8,15-18,24,28-29,36,49,56H,5-6,9-14,19-23H2,(H,50,57,58)/t28-,29-,36?/m1/s1. The lowest BCUT2D eigenvalue weighted by Crippen LogP contribution is -2.52. The smallest absolute Gasteiger partial charge is 0.319 e. The number of terminal acetylenes is 1. The van der Waals surface area contributed by atoms with E-state index in [0.717, 1.165) is 49.9 Å². The highest BCUT2D eigenvalue weighted by atomic mass is 19.1. The molecule has 60 heavy (non-hydrogen) atoms. The quantitative estimate of drug-likeness (QED) is 0.146. The number of hydrogen-bond donors (Lipinski definition) is 3. The number of phenolic OH excluding ortho intramolecular Hbond substituents is 1. The van der Waals surface area contributed by atoms with Gasteiger partial charge in [0.05, 0.1) is 17.6 Å². The molecule has 2 aromatic heterocycles. The number of halogens is 2. The number of fused-ring (bicyclic) bond motifs is 5. The summed E-state index contributed by atoms with van der Waals surface area (Å²) in [6, 6.07) is 11.3. The Morgan fingerprint density at radius 2 is 1.75 bits per heavy atom. The maximum absolute atomic E-state index is 17.0. The van der Waals surface area contributed by atoms with E-state index in [1.165, 1.54) is 30.5 Å². The summed E-state index contributed by atoms with van der Waals surface area (Å²) >= 11 is 0. The molecule has 2 bridgehead atoms. The number of nitrogens with zero attached hydrogens (tertiary/aromatic N) is 6. The van der Waals surface area contributed by atoms with Crippen molar-refractivity contribution in [1.82, 2.24) is 35.4 Å². The Hall–Kier alpha value is -6.24. The fraction of sp³-hybridized carbons (Fsp3) is 0.378. The molecule has 10 rings (SSSR count). The fourth-order valence-electron chi connectivity index (χ4n) is 9.73. The van der Waals surface area contributed by atoms with Crippen molar-refractivity contribution in [2.45, 2.75) is 69.7 Å². The molecule has 3 N–H and O–H groups in total. The van der Waals surface area contributed by atoms with Crippen molar-refractivity contribution >= 4 is 45.2 Å². The lowest BCUT2D eigenvalue weighted by molar-refractivity contribution is -0.136. The molecule has 4 fully saturated rings. The minimum absolute atomic E-state index is 0.00660. The number of piperidine rings is 2. The van der Waals surface area contributed by atoms with Crippen LogP contribution < -0.4 is 20.3 Å². The van der Waals surface area contributed by atoms with Gasteiger partial charge in [0.1, 0.15) is 34.6 Å². The zero-order valence-corrected chi connectivity index (χ0v) is 32.7. The Kier molecular flexibility index (Phi) is 9.56. The van der Waals surface area contributed by atoms with Crippen molar-refractivity contribution in [1.29, 1.82) is 0 Å². The van der Waals surface area contributed by atoms with Crippen LogP contribution in [0.25, 0.3) is 32.9 Å². The zero-order valence-electron chi connectivity index (χ0n) is 32.7. The second-order valence-electron chi connectivity index (χ2n) is 16.6. The largest absolute Gasteiger partial charge is 0.508 e. The van der Waals surface area contributed by atoms with E-state index in [4.69, 9.17) is 16.1 Å². The molecule has 0 saturated carbocycles. The Morgan fingerprint density at radius 1 is 0.950 bits per heavy atom. The molecular formula is C45H42F2N8O5. The minimum Gasteiger partial charge on any atom is -0.508 e. The zero-order chi connectivity index (χ0) is 41.2. The molecule has 0 radical (unpaired) electrons. The first-order valence-corrected chi connectivity index (χ1v) is 20.5. The Bertz CT molecular complexity index is 2650. The molecule has 306 valence electrons. The third-order valence-electron chi connectivity index (χ3n) is 12.8. The van der Waals surface area contributed by atoms with Crippen LogP contribution in [0.4, 0.5) is 14.6 Å². The normalized spacial score (nSPS) is 22.1. The number of likely N-dealkylation sites (tertiary alicyclic amines) is 1. The predicted molar refractivity (Wildman–Crippen MR) is 218 cm³/mol. The number of aromatic nitrogens is 3. The number of piperazine rings is 1. The maximum Gasteiger partial charge on any atom is 0.319 e. The van der Waals surface area contributed by atoms with Gasteiger partial charge in [-0.3, -0.25) is 29.6 Å². The second kappa shape index (κ2) is 15.1. The number of carbonyl (C=O) groups excluding carboxylic acids is 3. The van der Waals surface area contributed by atoms with Gasteiger partial charge in [0.25, 0.3) is 5.91 Å². The average molecular weight is 813 g/mol. The van der Waals surface area contributed by atoms with Crippen LogP contribution in [0, 0.1) is 29.9 Å². The van der Waals surface area contributed by atoms with Gasteiger partial charge in [-0.1, -0.05) is 24.1 Å². The topological polar surface area (TPSA) is 153 Å². The second-order valence-corrected chi connectivity index (χ2v) is 16.6. The number of pyridine rings is 1. The van der Waals surface area contributed by atoms with Crippen LogP contribution in [-0.4, -0.2) is 98.5 Å². The highest BCUT2D eigenvalue weighted by Gasteiger charge is 2.39. The van der Waals surface area contributed by atoms with Crippen LogP contribution in [-0.2, 0) is 22.7 Å². The molecule has 5 aliphatic heterocycles. The SMILES string of the molecule is C#Cc1c(F)ccc2cc(O)cc(-c3ncc4c(N5C[C@H]6CC[C@H](C5)N6)nc(OCC5CCN(Cc6ccc7c(c6)CN(C6CCC(=O)NC6=O)C7=O)CC5)nc4c3F)c12. The molecule has 3 aromatic carbocycles. The van der Waals surface area contributed by atoms with Gasteiger partial charge in [0.2, 0.25) is 11.8 Å². The van der Waals surface area contributed by atoms with Gasteiger partial charge in [-0.15, -0.1) is 6.42 Å². The number of anilines is 1. The summed E-state index contributed by atoms with van der Waals surface area (Å²) in [5.74, 6) is 0.660. The number of amides is 3. The number of rotatable bonds is 8. The van der Waals surface area contributed by atoms with Gasteiger partial charge in [0, 0.05) is 67.4 Å². The molecule has 5 aliphatic rings. The van der Waals surface area contributed by atoms with E-state index >= 15 is 4.39 Å². The van der Waals surface area contributed by atoms with Gasteiger partial charge in [-0.25, -0.2) is 8.78 Å². The van der Waals surface area contributed by atoms with Crippen molar-refractivity contribution in [3.05, 3.63) is 82.5 Å². The van der Waals surface area contributed by atoms with Crippen LogP contribution in [0.5, 0.6) is 11.8 Å². The summed E-state index contributed by atoms with van der Waals surface area (Å²) in [7, 11) is 0. The van der Waals surface area contributed by atoms with Crippen LogP contribution in [0.2, 0.25) is 0 Å². The summed E-state index contributed by atoms with van der Waals surface area (Å²) in [5.41, 5.74) is 2.53. The summed E-state index contributed by atoms with van der Waals surface area (Å²) in [5, 5.41) is 17.7. The molecule has 1 unspecified atom stereocenters. The molecule has 5 aromatic rings. The minimum atomic E-state index is -0.758. The number of aromatic hydroxyl groups is 1. The number of ether oxygens (including phenoxy) is 1. The van der Waals surface area contributed by atoms with Crippen molar-refractivity contribution in [2.24, 2.45) is 5.92 Å². The monoisotopic (exact) mass is 812 g/mol. The maximum atomic E-state index is 17.0. The Morgan fingerprint density at radius 3 is 2.52 bits per heavy atom. The summed E-state index contributed by atoms with van der Waals surface area (Å²) < 4.78 is 38.2. The predicted octanol–water partition coefficient (Wildman–Crippen LogP) is 4.80. The number of nitrogens with one attached hydrogen (secondary N) is 2. The van der Waals surface area contributed by atoms with Crippen molar-refractivity contribution < 1.29 is 33.0 Å². The van der Waals surface area contributed by atoms with Gasteiger partial charge in [-0.05, 0) is 91.9 Å². The number of imide groups is 1. The van der Waals surface area contributed by atoms with Gasteiger partial charge < -0.3 is 25.0 Å². The van der Waals surface area contributed by atoms with Crippen LogP contribution in [0.15, 0.2) is 48.7 Å². The highest BCUT2D eigenvalue weighted by Crippen LogP contribution is 2.39. The first kappa shape index (κ1) is 38.0. The lowest BCUT2D eigenvalue weighted by Gasteiger charge is -2.34. The van der Waals surface area contributed by atoms with Crippen LogP contribution >= 0.6 is 0 Å². The first-order chi connectivity index (χ1) is 29.1. The fourth-order valence-corrected chi connectivity index (χ4v) is 9.73. The van der Waals surface area contributed by atoms with Crippen molar-refractivity contribution in [3.63, 3.8) is 0 Å². The van der Waals surface area contributed by atoms with Gasteiger partial charge in [0.15, 0.2) is 5.82 Å². The lowest BCUT2D eigenvalue weighted by atomic mass is 9.96. The van der Waals surface area contributed by atoms with E-state index in [2.05, 4.69) is 36.3 Å². The van der Waals surface area contributed by atoms with Crippen LogP contribution in [0.3, 0.4) is 0 Å². The molecule has 0 spiro atoms. The summed E-state index contributed by atoms with van der Waals surface area (Å²) in [6.07, 6.45) is 11.6. The Balaban J connectivity index is 0.866. The van der Waals surface area contributed by atoms with Gasteiger partial charge in [-0.2, -0.15) is 9.97 Å². The van der Waals surface area contributed by atoms with E-state index in [9.17, 15) is 23.9 Å². The van der Waals surface area contributed by atoms with Crippen LogP contribution in [0.1, 0.15) is 65.6 Å². The number of carbonyl (C=O) groups is 3. The molecule has 7 heterocycles. The third kappa shape index (κ3) is 6.83.